The monoisotopic (exact) mass is 413 g/mol. The normalized spacial score (nSPS) is 12.1. The fourth-order valence-electron chi connectivity index (χ4n) is 2.03. The molecule has 0 saturated carbocycles. The molecule has 166 valence electrons. The summed E-state index contributed by atoms with van der Waals surface area (Å²) in [5, 5.41) is 11.2. The standard InChI is InChI=1S/C20H35N3O6/c1-8-14-23(18(27)29-20(5,6)7)16(22-17(26)28-19(2,3)4)21-13-11-9-10-12-15(24)25/h8H,1,9-14H2,2-7H3,(H,24,25)(H,21,22,26). The van der Waals surface area contributed by atoms with Gasteiger partial charge in [-0.15, -0.1) is 6.58 Å². The van der Waals surface area contributed by atoms with E-state index in [9.17, 15) is 14.4 Å². The molecule has 0 rings (SSSR count). The molecule has 2 amide bonds. The number of hydrogen-bond acceptors (Lipinski definition) is 6. The Labute approximate surface area is 173 Å². The predicted molar refractivity (Wildman–Crippen MR) is 111 cm³/mol. The summed E-state index contributed by atoms with van der Waals surface area (Å²) in [7, 11) is 0. The van der Waals surface area contributed by atoms with E-state index < -0.39 is 29.4 Å². The van der Waals surface area contributed by atoms with Crippen LogP contribution in [0.25, 0.3) is 0 Å². The molecule has 0 heterocycles. The topological polar surface area (TPSA) is 118 Å². The van der Waals surface area contributed by atoms with E-state index in [-0.39, 0.29) is 18.9 Å². The van der Waals surface area contributed by atoms with Gasteiger partial charge in [0.1, 0.15) is 11.2 Å². The average Bonchev–Trinajstić information content (AvgIpc) is 2.51. The quantitative estimate of drug-likeness (QED) is 0.269. The van der Waals surface area contributed by atoms with Gasteiger partial charge < -0.3 is 14.6 Å². The van der Waals surface area contributed by atoms with Gasteiger partial charge in [0, 0.05) is 19.5 Å². The first-order valence-electron chi connectivity index (χ1n) is 9.63. The molecule has 0 aromatic rings. The van der Waals surface area contributed by atoms with Gasteiger partial charge in [-0.05, 0) is 54.4 Å². The molecule has 0 aliphatic heterocycles. The average molecular weight is 414 g/mol. The van der Waals surface area contributed by atoms with Crippen LogP contribution in [0.4, 0.5) is 9.59 Å². The summed E-state index contributed by atoms with van der Waals surface area (Å²) in [5.74, 6) is -0.852. The van der Waals surface area contributed by atoms with Gasteiger partial charge in [-0.2, -0.15) is 0 Å². The molecule has 0 spiro atoms. The highest BCUT2D eigenvalue weighted by Crippen LogP contribution is 2.11. The van der Waals surface area contributed by atoms with Gasteiger partial charge in [0.25, 0.3) is 0 Å². The Balaban J connectivity index is 5.34. The SMILES string of the molecule is C=CCN(C(=O)OC(C)(C)C)C(=NCCCCCC(=O)O)NC(=O)OC(C)(C)C. The number of ether oxygens (including phenoxy) is 2. The molecule has 0 aromatic carbocycles. The largest absolute Gasteiger partial charge is 0.481 e. The Hall–Kier alpha value is -2.58. The molecule has 0 bridgehead atoms. The minimum Gasteiger partial charge on any atom is -0.481 e. The summed E-state index contributed by atoms with van der Waals surface area (Å²) in [5.41, 5.74) is -1.45. The molecule has 9 heteroatoms. The van der Waals surface area contributed by atoms with Gasteiger partial charge in [0.15, 0.2) is 0 Å². The third-order valence-electron chi connectivity index (χ3n) is 3.10. The number of carboxylic acids is 1. The number of carbonyl (C=O) groups excluding carboxylic acids is 2. The molecular weight excluding hydrogens is 378 g/mol. The third kappa shape index (κ3) is 14.1. The van der Waals surface area contributed by atoms with Crippen LogP contribution < -0.4 is 5.32 Å². The maximum Gasteiger partial charge on any atom is 0.417 e. The minimum atomic E-state index is -0.845. The Bertz CT molecular complexity index is 602. The van der Waals surface area contributed by atoms with Crippen LogP contribution in [-0.4, -0.2) is 58.4 Å². The molecule has 0 saturated heterocycles. The fraction of sp³-hybridized carbons (Fsp3) is 0.700. The summed E-state index contributed by atoms with van der Waals surface area (Å²) in [6.07, 6.45) is 1.93. The number of aliphatic imine (C=N–C) groups is 1. The summed E-state index contributed by atoms with van der Waals surface area (Å²) < 4.78 is 10.6. The van der Waals surface area contributed by atoms with Crippen molar-refractivity contribution >= 4 is 24.1 Å². The number of unbranched alkanes of at least 4 members (excludes halogenated alkanes) is 2. The predicted octanol–water partition coefficient (Wildman–Crippen LogP) is 3.94. The number of nitrogens with one attached hydrogen (secondary N) is 1. The van der Waals surface area contributed by atoms with Crippen LogP contribution in [0.15, 0.2) is 17.6 Å². The molecule has 0 aliphatic carbocycles. The Morgan fingerprint density at radius 1 is 1.03 bits per heavy atom. The van der Waals surface area contributed by atoms with Crippen LogP contribution in [-0.2, 0) is 14.3 Å². The van der Waals surface area contributed by atoms with Crippen molar-refractivity contribution in [3.05, 3.63) is 12.7 Å². The van der Waals surface area contributed by atoms with E-state index in [2.05, 4.69) is 16.9 Å². The van der Waals surface area contributed by atoms with E-state index in [0.29, 0.717) is 25.8 Å². The van der Waals surface area contributed by atoms with Crippen LogP contribution in [0.5, 0.6) is 0 Å². The van der Waals surface area contributed by atoms with Crippen LogP contribution in [0.2, 0.25) is 0 Å². The number of nitrogens with zero attached hydrogens (tertiary/aromatic N) is 2. The van der Waals surface area contributed by atoms with E-state index in [1.54, 1.807) is 41.5 Å². The molecule has 0 unspecified atom stereocenters. The van der Waals surface area contributed by atoms with E-state index in [1.807, 2.05) is 0 Å². The molecule has 9 nitrogen and oxygen atoms in total. The number of carboxylic acid groups (broad SMARTS) is 1. The highest BCUT2D eigenvalue weighted by molar-refractivity contribution is 6.01. The first-order chi connectivity index (χ1) is 13.2. The number of alkyl carbamates (subject to hydrolysis) is 1. The number of aliphatic carboxylic acids is 1. The van der Waals surface area contributed by atoms with Crippen LogP contribution >= 0.6 is 0 Å². The highest BCUT2D eigenvalue weighted by Gasteiger charge is 2.27. The first-order valence-corrected chi connectivity index (χ1v) is 9.63. The van der Waals surface area contributed by atoms with Crippen LogP contribution in [0, 0.1) is 0 Å². The summed E-state index contributed by atoms with van der Waals surface area (Å²) in [6, 6.07) is 0. The molecule has 0 aliphatic rings. The highest BCUT2D eigenvalue weighted by atomic mass is 16.6. The molecule has 0 fully saturated rings. The maximum absolute atomic E-state index is 12.6. The maximum atomic E-state index is 12.6. The van der Waals surface area contributed by atoms with Gasteiger partial charge in [-0.3, -0.25) is 15.1 Å². The van der Waals surface area contributed by atoms with Crippen molar-refractivity contribution in [2.24, 2.45) is 4.99 Å². The minimum absolute atomic E-state index is 0.00775. The van der Waals surface area contributed by atoms with Crippen molar-refractivity contribution in [3.8, 4) is 0 Å². The van der Waals surface area contributed by atoms with Gasteiger partial charge in [0.05, 0.1) is 0 Å². The van der Waals surface area contributed by atoms with Crippen molar-refractivity contribution in [2.45, 2.75) is 78.4 Å². The van der Waals surface area contributed by atoms with Gasteiger partial charge in [0.2, 0.25) is 5.96 Å². The smallest absolute Gasteiger partial charge is 0.417 e. The van der Waals surface area contributed by atoms with Crippen molar-refractivity contribution < 1.29 is 29.0 Å². The summed E-state index contributed by atoms with van der Waals surface area (Å²) in [6.45, 7) is 14.4. The van der Waals surface area contributed by atoms with Crippen molar-refractivity contribution in [3.63, 3.8) is 0 Å². The van der Waals surface area contributed by atoms with Crippen LogP contribution in [0.3, 0.4) is 0 Å². The van der Waals surface area contributed by atoms with E-state index in [1.165, 1.54) is 11.0 Å². The second kappa shape index (κ2) is 12.1. The Kier molecular flexibility index (Phi) is 11.0. The zero-order valence-corrected chi connectivity index (χ0v) is 18.4. The lowest BCUT2D eigenvalue weighted by Crippen LogP contribution is -2.50. The van der Waals surface area contributed by atoms with E-state index in [0.717, 1.165) is 0 Å². The molecule has 0 aromatic heterocycles. The Morgan fingerprint density at radius 3 is 2.10 bits per heavy atom. The zero-order valence-electron chi connectivity index (χ0n) is 18.4. The zero-order chi connectivity index (χ0) is 22.7. The number of rotatable bonds is 8. The lowest BCUT2D eigenvalue weighted by atomic mass is 10.2. The van der Waals surface area contributed by atoms with Gasteiger partial charge in [-0.25, -0.2) is 14.5 Å². The lowest BCUT2D eigenvalue weighted by molar-refractivity contribution is -0.137. The number of hydrogen-bond donors (Lipinski definition) is 2. The van der Waals surface area contributed by atoms with E-state index >= 15 is 0 Å². The number of carbonyl (C=O) groups is 3. The number of guanidine groups is 1. The van der Waals surface area contributed by atoms with Crippen molar-refractivity contribution in [1.29, 1.82) is 0 Å². The first kappa shape index (κ1) is 26.4. The van der Waals surface area contributed by atoms with Gasteiger partial charge >= 0.3 is 18.2 Å². The number of amides is 2. The van der Waals surface area contributed by atoms with E-state index in [4.69, 9.17) is 14.6 Å². The second-order valence-electron chi connectivity index (χ2n) is 8.42. The second-order valence-corrected chi connectivity index (χ2v) is 8.42. The molecule has 0 radical (unpaired) electrons. The third-order valence-corrected chi connectivity index (χ3v) is 3.10. The van der Waals surface area contributed by atoms with Gasteiger partial charge in [-0.1, -0.05) is 12.5 Å². The van der Waals surface area contributed by atoms with Crippen molar-refractivity contribution in [1.82, 2.24) is 10.2 Å². The summed E-state index contributed by atoms with van der Waals surface area (Å²) in [4.78, 5) is 40.8. The molecule has 0 atom stereocenters. The molecular formula is C20H35N3O6. The summed E-state index contributed by atoms with van der Waals surface area (Å²) >= 11 is 0. The Morgan fingerprint density at radius 2 is 1.62 bits per heavy atom. The lowest BCUT2D eigenvalue weighted by Gasteiger charge is -2.28. The fourth-order valence-corrected chi connectivity index (χ4v) is 2.03. The van der Waals surface area contributed by atoms with Crippen LogP contribution in [0.1, 0.15) is 67.2 Å². The molecule has 2 N–H and O–H groups in total. The van der Waals surface area contributed by atoms with Crippen molar-refractivity contribution in [2.75, 3.05) is 13.1 Å². The molecule has 29 heavy (non-hydrogen) atoms.